The van der Waals surface area contributed by atoms with Crippen molar-refractivity contribution in [1.29, 1.82) is 0 Å². The largest absolute Gasteiger partial charge is 0.357 e. The summed E-state index contributed by atoms with van der Waals surface area (Å²) in [6.07, 6.45) is 12.6. The molecule has 3 aliphatic heterocycles. The molecule has 7 aromatic carbocycles. The normalized spacial score (nSPS) is 20.8. The van der Waals surface area contributed by atoms with E-state index in [1.807, 2.05) is 12.4 Å². The average molecular weight is 731 g/mol. The van der Waals surface area contributed by atoms with Gasteiger partial charge in [0.15, 0.2) is 0 Å². The molecule has 0 radical (unpaired) electrons. The van der Waals surface area contributed by atoms with E-state index in [0.29, 0.717) is 11.8 Å². The quantitative estimate of drug-likeness (QED) is 0.174. The number of rotatable bonds is 5. The van der Waals surface area contributed by atoms with Crippen LogP contribution in [0.2, 0.25) is 0 Å². The molecule has 4 atom stereocenters. The van der Waals surface area contributed by atoms with Crippen LogP contribution in [0, 0.1) is 11.8 Å². The van der Waals surface area contributed by atoms with Crippen LogP contribution in [0.5, 0.6) is 0 Å². The van der Waals surface area contributed by atoms with E-state index in [9.17, 15) is 0 Å². The maximum absolute atomic E-state index is 4.48. The van der Waals surface area contributed by atoms with E-state index in [2.05, 4.69) is 214 Å². The summed E-state index contributed by atoms with van der Waals surface area (Å²) in [6, 6.07) is 63.6. The van der Waals surface area contributed by atoms with Gasteiger partial charge in [0.05, 0.1) is 28.5 Å². The molecule has 57 heavy (non-hydrogen) atoms. The molecule has 8 aromatic rings. The highest BCUT2D eigenvalue weighted by molar-refractivity contribution is 6.18. The van der Waals surface area contributed by atoms with Crippen LogP contribution in [0.15, 0.2) is 204 Å². The molecular formula is C53H38N4. The fourth-order valence-electron chi connectivity index (χ4n) is 10.7. The maximum Gasteiger partial charge on any atom is 0.0713 e. The van der Waals surface area contributed by atoms with Crippen molar-refractivity contribution >= 4 is 39.9 Å². The molecule has 0 saturated carbocycles. The van der Waals surface area contributed by atoms with Crippen LogP contribution in [-0.4, -0.2) is 29.1 Å². The van der Waals surface area contributed by atoms with Gasteiger partial charge in [0.1, 0.15) is 0 Å². The fraction of sp³-hybridized carbons (Fsp3) is 0.0943. The number of aliphatic imine (C=N–C) groups is 2. The van der Waals surface area contributed by atoms with Crippen LogP contribution in [0.3, 0.4) is 0 Å². The van der Waals surface area contributed by atoms with E-state index < -0.39 is 5.41 Å². The molecule has 4 heterocycles. The van der Waals surface area contributed by atoms with Crippen LogP contribution in [-0.2, 0) is 5.41 Å². The summed E-state index contributed by atoms with van der Waals surface area (Å²) >= 11 is 0. The van der Waals surface area contributed by atoms with Crippen LogP contribution >= 0.6 is 0 Å². The molecule has 12 rings (SSSR count). The molecule has 1 aromatic heterocycles. The predicted molar refractivity (Wildman–Crippen MR) is 236 cm³/mol. The molecule has 4 heteroatoms. The SMILES string of the molecule is C1=CC2C(C=N1)C1C=NC=CC1N2c1ccc(-c2ccc(-n3c4ccccc4c4c5c(ccc43)C(c3ccccc3)(c3ccccc3)c3ccccc3-5)cc2)cc1. The van der Waals surface area contributed by atoms with E-state index in [-0.39, 0.29) is 12.1 Å². The third-order valence-electron chi connectivity index (χ3n) is 13.0. The number of para-hydroxylation sites is 1. The summed E-state index contributed by atoms with van der Waals surface area (Å²) in [5, 5.41) is 2.56. The minimum atomic E-state index is -0.441. The molecule has 1 fully saturated rings. The topological polar surface area (TPSA) is 32.9 Å². The molecule has 0 amide bonds. The second kappa shape index (κ2) is 12.5. The van der Waals surface area contributed by atoms with Gasteiger partial charge < -0.3 is 9.47 Å². The van der Waals surface area contributed by atoms with Gasteiger partial charge in [0, 0.05) is 58.8 Å². The second-order valence-electron chi connectivity index (χ2n) is 15.7. The van der Waals surface area contributed by atoms with Gasteiger partial charge >= 0.3 is 0 Å². The average Bonchev–Trinajstić information content (AvgIpc) is 3.92. The molecule has 0 spiro atoms. The van der Waals surface area contributed by atoms with Crippen molar-refractivity contribution in [2.45, 2.75) is 17.5 Å². The lowest BCUT2D eigenvalue weighted by atomic mass is 9.67. The molecule has 1 aliphatic carbocycles. The highest BCUT2D eigenvalue weighted by Gasteiger charge is 2.48. The molecule has 1 saturated heterocycles. The molecule has 4 nitrogen and oxygen atoms in total. The summed E-state index contributed by atoms with van der Waals surface area (Å²) in [7, 11) is 0. The Morgan fingerprint density at radius 2 is 1.02 bits per heavy atom. The van der Waals surface area contributed by atoms with Gasteiger partial charge in [-0.25, -0.2) is 0 Å². The van der Waals surface area contributed by atoms with Gasteiger partial charge in [-0.1, -0.05) is 133 Å². The zero-order valence-corrected chi connectivity index (χ0v) is 31.2. The van der Waals surface area contributed by atoms with Gasteiger partial charge in [-0.05, 0) is 93.1 Å². The standard InChI is InChI=1S/C53H38N4/c1-3-11-37(12-4-1)53(38-13-5-2-6-14-38)45-17-9-7-15-41(45)51-46(53)27-28-50-52(51)42-16-8-10-18-47(42)57(50)40-25-21-36(22-26-40)35-19-23-39(24-20-35)56-48-29-31-54-33-43(48)44-34-55-32-30-49(44)56/h1-34,43-44,48-49H. The van der Waals surface area contributed by atoms with Crippen molar-refractivity contribution in [1.82, 2.24) is 4.57 Å². The highest BCUT2D eigenvalue weighted by atomic mass is 15.2. The van der Waals surface area contributed by atoms with Gasteiger partial charge in [-0.15, -0.1) is 0 Å². The van der Waals surface area contributed by atoms with Crippen molar-refractivity contribution in [3.63, 3.8) is 0 Å². The van der Waals surface area contributed by atoms with Crippen molar-refractivity contribution in [2.24, 2.45) is 21.8 Å². The van der Waals surface area contributed by atoms with Crippen molar-refractivity contribution in [3.8, 4) is 27.9 Å². The van der Waals surface area contributed by atoms with Crippen molar-refractivity contribution in [3.05, 3.63) is 217 Å². The molecule has 4 aliphatic rings. The summed E-state index contributed by atoms with van der Waals surface area (Å²) in [6.45, 7) is 0. The predicted octanol–water partition coefficient (Wildman–Crippen LogP) is 11.8. The minimum absolute atomic E-state index is 0.269. The Morgan fingerprint density at radius 3 is 1.67 bits per heavy atom. The van der Waals surface area contributed by atoms with E-state index in [1.54, 1.807) is 0 Å². The lowest BCUT2D eigenvalue weighted by molar-refractivity contribution is 0.606. The Hall–Kier alpha value is -7.04. The monoisotopic (exact) mass is 730 g/mol. The van der Waals surface area contributed by atoms with Gasteiger partial charge in [-0.2, -0.15) is 0 Å². The number of hydrogen-bond donors (Lipinski definition) is 0. The third-order valence-corrected chi connectivity index (χ3v) is 13.0. The van der Waals surface area contributed by atoms with E-state index in [0.717, 1.165) is 5.69 Å². The molecular weight excluding hydrogens is 693 g/mol. The number of anilines is 1. The molecule has 0 bridgehead atoms. The van der Waals surface area contributed by atoms with Gasteiger partial charge in [-0.3, -0.25) is 9.98 Å². The molecule has 0 N–H and O–H groups in total. The third kappa shape index (κ3) is 4.55. The first kappa shape index (κ1) is 32.2. The first-order valence-electron chi connectivity index (χ1n) is 20.0. The lowest BCUT2D eigenvalue weighted by Gasteiger charge is -2.33. The maximum atomic E-state index is 4.48. The van der Waals surface area contributed by atoms with E-state index in [4.69, 9.17) is 0 Å². The Labute approximate surface area is 332 Å². The fourth-order valence-corrected chi connectivity index (χ4v) is 10.7. The summed E-state index contributed by atoms with van der Waals surface area (Å²) in [5.41, 5.74) is 14.6. The minimum Gasteiger partial charge on any atom is -0.357 e. The van der Waals surface area contributed by atoms with Crippen LogP contribution in [0.25, 0.3) is 49.7 Å². The highest BCUT2D eigenvalue weighted by Crippen LogP contribution is 2.58. The second-order valence-corrected chi connectivity index (χ2v) is 15.7. The van der Waals surface area contributed by atoms with Crippen molar-refractivity contribution < 1.29 is 0 Å². The van der Waals surface area contributed by atoms with Gasteiger partial charge in [0.25, 0.3) is 0 Å². The zero-order chi connectivity index (χ0) is 37.5. The number of hydrogen-bond acceptors (Lipinski definition) is 3. The molecule has 270 valence electrons. The van der Waals surface area contributed by atoms with Crippen LogP contribution in [0.1, 0.15) is 22.3 Å². The van der Waals surface area contributed by atoms with E-state index in [1.165, 1.54) is 72.0 Å². The first-order valence-corrected chi connectivity index (χ1v) is 20.0. The first-order chi connectivity index (χ1) is 28.3. The Kier molecular flexibility index (Phi) is 7.06. The lowest BCUT2D eigenvalue weighted by Crippen LogP contribution is -2.37. The number of nitrogens with zero attached hydrogens (tertiary/aromatic N) is 4. The zero-order valence-electron chi connectivity index (χ0n) is 31.2. The summed E-state index contributed by atoms with van der Waals surface area (Å²) in [4.78, 5) is 11.5. The van der Waals surface area contributed by atoms with Gasteiger partial charge in [0.2, 0.25) is 0 Å². The van der Waals surface area contributed by atoms with Crippen LogP contribution in [0.4, 0.5) is 5.69 Å². The summed E-state index contributed by atoms with van der Waals surface area (Å²) in [5.74, 6) is 0.653. The number of aromatic nitrogens is 1. The Morgan fingerprint density at radius 1 is 0.456 bits per heavy atom. The number of fused-ring (bicyclic) bond motifs is 10. The number of benzene rings is 7. The Balaban J connectivity index is 0.974. The Bertz CT molecular complexity index is 2900. The van der Waals surface area contributed by atoms with Crippen LogP contribution < -0.4 is 4.90 Å². The van der Waals surface area contributed by atoms with Crippen molar-refractivity contribution in [2.75, 3.05) is 4.90 Å². The molecule has 4 unspecified atom stereocenters. The smallest absolute Gasteiger partial charge is 0.0713 e. The summed E-state index contributed by atoms with van der Waals surface area (Å²) < 4.78 is 2.45. The van der Waals surface area contributed by atoms with E-state index >= 15 is 0 Å².